The number of rotatable bonds is 7. The monoisotopic (exact) mass is 222 g/mol. The number of nitrogens with one attached hydrogen (secondary N) is 1. The maximum absolute atomic E-state index is 3.82. The van der Waals surface area contributed by atoms with E-state index in [-0.39, 0.29) is 0 Å². The van der Waals surface area contributed by atoms with Crippen LogP contribution in [0.25, 0.3) is 0 Å². The van der Waals surface area contributed by atoms with E-state index in [4.69, 9.17) is 0 Å². The number of aromatic nitrogens is 3. The van der Waals surface area contributed by atoms with Crippen LogP contribution < -0.4 is 5.32 Å². The summed E-state index contributed by atoms with van der Waals surface area (Å²) in [5.74, 6) is 0.934. The zero-order chi connectivity index (χ0) is 11.4. The average molecular weight is 222 g/mol. The summed E-state index contributed by atoms with van der Waals surface area (Å²) in [4.78, 5) is 0. The molecule has 0 aliphatic heterocycles. The van der Waals surface area contributed by atoms with E-state index in [1.54, 1.807) is 12.7 Å². The van der Waals surface area contributed by atoms with Gasteiger partial charge in [0.15, 0.2) is 0 Å². The molecule has 0 spiro atoms. The molecular weight excluding hydrogens is 200 g/mol. The van der Waals surface area contributed by atoms with E-state index < -0.39 is 0 Å². The van der Waals surface area contributed by atoms with Gasteiger partial charge >= 0.3 is 0 Å². The lowest BCUT2D eigenvalue weighted by Gasteiger charge is -2.23. The van der Waals surface area contributed by atoms with Crippen molar-refractivity contribution in [1.29, 1.82) is 0 Å². The highest BCUT2D eigenvalue weighted by Gasteiger charge is 2.30. The van der Waals surface area contributed by atoms with Gasteiger partial charge in [-0.3, -0.25) is 0 Å². The van der Waals surface area contributed by atoms with Crippen molar-refractivity contribution in [3.63, 3.8) is 0 Å². The summed E-state index contributed by atoms with van der Waals surface area (Å²) in [6.45, 7) is 5.46. The molecule has 1 aliphatic carbocycles. The highest BCUT2D eigenvalue weighted by molar-refractivity contribution is 4.87. The Kier molecular flexibility index (Phi) is 3.93. The molecule has 0 bridgehead atoms. The van der Waals surface area contributed by atoms with Gasteiger partial charge in [-0.2, -0.15) is 0 Å². The minimum Gasteiger partial charge on any atom is -0.319 e. The molecular formula is C12H22N4. The third-order valence-electron chi connectivity index (χ3n) is 3.24. The lowest BCUT2D eigenvalue weighted by Crippen LogP contribution is -2.40. The van der Waals surface area contributed by atoms with Crippen molar-refractivity contribution in [2.45, 2.75) is 58.2 Å². The largest absolute Gasteiger partial charge is 0.319 e. The predicted octanol–water partition coefficient (Wildman–Crippen LogP) is 1.83. The summed E-state index contributed by atoms with van der Waals surface area (Å²) in [7, 11) is 0. The fourth-order valence-corrected chi connectivity index (χ4v) is 2.32. The maximum Gasteiger partial charge on any atom is 0.119 e. The standard InChI is InChI=1S/C12H22N4/c1-3-4-12(11-5-6-11)15-10(2)7-16-8-13-14-9-16/h8-12,15H,3-7H2,1-2H3. The Morgan fingerprint density at radius 3 is 2.62 bits per heavy atom. The Morgan fingerprint density at radius 1 is 1.38 bits per heavy atom. The van der Waals surface area contributed by atoms with E-state index >= 15 is 0 Å². The van der Waals surface area contributed by atoms with Crippen molar-refractivity contribution >= 4 is 0 Å². The summed E-state index contributed by atoms with van der Waals surface area (Å²) in [6, 6.07) is 1.21. The normalized spacial score (nSPS) is 19.6. The van der Waals surface area contributed by atoms with Crippen LogP contribution in [0, 0.1) is 5.92 Å². The number of hydrogen-bond donors (Lipinski definition) is 1. The van der Waals surface area contributed by atoms with Gasteiger partial charge in [0.1, 0.15) is 12.7 Å². The molecule has 2 rings (SSSR count). The number of nitrogens with zero attached hydrogens (tertiary/aromatic N) is 3. The Bertz CT molecular complexity index is 292. The summed E-state index contributed by atoms with van der Waals surface area (Å²) < 4.78 is 2.04. The molecule has 0 aromatic carbocycles. The SMILES string of the molecule is CCCC(NC(C)Cn1cnnc1)C1CC1. The molecule has 1 aliphatic rings. The van der Waals surface area contributed by atoms with Gasteiger partial charge in [-0.15, -0.1) is 10.2 Å². The molecule has 1 aromatic heterocycles. The minimum absolute atomic E-state index is 0.494. The molecule has 4 nitrogen and oxygen atoms in total. The van der Waals surface area contributed by atoms with Crippen molar-refractivity contribution in [3.05, 3.63) is 12.7 Å². The zero-order valence-corrected chi connectivity index (χ0v) is 10.3. The van der Waals surface area contributed by atoms with Crippen LogP contribution in [0.4, 0.5) is 0 Å². The van der Waals surface area contributed by atoms with Crippen LogP contribution in [0.5, 0.6) is 0 Å². The van der Waals surface area contributed by atoms with Crippen LogP contribution >= 0.6 is 0 Å². The lowest BCUT2D eigenvalue weighted by molar-refractivity contribution is 0.360. The molecule has 2 atom stereocenters. The summed E-state index contributed by atoms with van der Waals surface area (Å²) in [5.41, 5.74) is 0. The Hall–Kier alpha value is -0.900. The van der Waals surface area contributed by atoms with Crippen molar-refractivity contribution in [2.75, 3.05) is 0 Å². The molecule has 1 aromatic rings. The lowest BCUT2D eigenvalue weighted by atomic mass is 10.1. The fraction of sp³-hybridized carbons (Fsp3) is 0.833. The van der Waals surface area contributed by atoms with Crippen molar-refractivity contribution in [3.8, 4) is 0 Å². The van der Waals surface area contributed by atoms with E-state index in [2.05, 4.69) is 29.4 Å². The van der Waals surface area contributed by atoms with Crippen LogP contribution in [-0.4, -0.2) is 26.8 Å². The average Bonchev–Trinajstić information content (AvgIpc) is 2.98. The maximum atomic E-state index is 3.82. The van der Waals surface area contributed by atoms with Crippen LogP contribution in [-0.2, 0) is 6.54 Å². The smallest absolute Gasteiger partial charge is 0.119 e. The van der Waals surface area contributed by atoms with E-state index in [0.717, 1.165) is 18.5 Å². The van der Waals surface area contributed by atoms with E-state index in [9.17, 15) is 0 Å². The van der Waals surface area contributed by atoms with E-state index in [0.29, 0.717) is 6.04 Å². The summed E-state index contributed by atoms with van der Waals surface area (Å²) in [6.07, 6.45) is 8.97. The van der Waals surface area contributed by atoms with Gasteiger partial charge < -0.3 is 9.88 Å². The summed E-state index contributed by atoms with van der Waals surface area (Å²) in [5, 5.41) is 11.4. The van der Waals surface area contributed by atoms with E-state index in [1.165, 1.54) is 25.7 Å². The second kappa shape index (κ2) is 5.43. The van der Waals surface area contributed by atoms with E-state index in [1.807, 2.05) is 4.57 Å². The molecule has 1 saturated carbocycles. The van der Waals surface area contributed by atoms with Gasteiger partial charge in [-0.1, -0.05) is 13.3 Å². The third-order valence-corrected chi connectivity index (χ3v) is 3.24. The first-order valence-electron chi connectivity index (χ1n) is 6.38. The molecule has 4 heteroatoms. The van der Waals surface area contributed by atoms with Gasteiger partial charge in [0.2, 0.25) is 0 Å². The second-order valence-corrected chi connectivity index (χ2v) is 4.96. The van der Waals surface area contributed by atoms with Crippen LogP contribution in [0.1, 0.15) is 39.5 Å². The van der Waals surface area contributed by atoms with Gasteiger partial charge in [0.05, 0.1) is 0 Å². The van der Waals surface area contributed by atoms with Gasteiger partial charge in [0, 0.05) is 18.6 Å². The predicted molar refractivity (Wildman–Crippen MR) is 64.0 cm³/mol. The molecule has 1 N–H and O–H groups in total. The first-order chi connectivity index (χ1) is 7.79. The fourth-order valence-electron chi connectivity index (χ4n) is 2.32. The van der Waals surface area contributed by atoms with Crippen molar-refractivity contribution in [1.82, 2.24) is 20.1 Å². The Morgan fingerprint density at radius 2 is 2.06 bits per heavy atom. The summed E-state index contributed by atoms with van der Waals surface area (Å²) >= 11 is 0. The highest BCUT2D eigenvalue weighted by atomic mass is 15.2. The Labute approximate surface area is 97.5 Å². The van der Waals surface area contributed by atoms with Crippen LogP contribution in [0.15, 0.2) is 12.7 Å². The molecule has 2 unspecified atom stereocenters. The second-order valence-electron chi connectivity index (χ2n) is 4.96. The minimum atomic E-state index is 0.494. The molecule has 1 fully saturated rings. The number of hydrogen-bond acceptors (Lipinski definition) is 3. The van der Waals surface area contributed by atoms with Crippen LogP contribution in [0.3, 0.4) is 0 Å². The van der Waals surface area contributed by atoms with Crippen molar-refractivity contribution in [2.24, 2.45) is 5.92 Å². The third kappa shape index (κ3) is 3.30. The van der Waals surface area contributed by atoms with Crippen molar-refractivity contribution < 1.29 is 0 Å². The molecule has 0 saturated heterocycles. The van der Waals surface area contributed by atoms with Gasteiger partial charge in [0.25, 0.3) is 0 Å². The molecule has 90 valence electrons. The van der Waals surface area contributed by atoms with Crippen LogP contribution in [0.2, 0.25) is 0 Å². The van der Waals surface area contributed by atoms with Gasteiger partial charge in [-0.25, -0.2) is 0 Å². The molecule has 0 amide bonds. The molecule has 0 radical (unpaired) electrons. The van der Waals surface area contributed by atoms with Gasteiger partial charge in [-0.05, 0) is 32.1 Å². The first kappa shape index (κ1) is 11.6. The zero-order valence-electron chi connectivity index (χ0n) is 10.3. The topological polar surface area (TPSA) is 42.7 Å². The molecule has 1 heterocycles. The highest BCUT2D eigenvalue weighted by Crippen LogP contribution is 2.34. The first-order valence-corrected chi connectivity index (χ1v) is 6.38. The Balaban J connectivity index is 1.78. The quantitative estimate of drug-likeness (QED) is 0.765. The molecule has 16 heavy (non-hydrogen) atoms.